The number of aromatic nitrogens is 5. The zero-order valence-electron chi connectivity index (χ0n) is 15.5. The zero-order chi connectivity index (χ0) is 19.1. The monoisotopic (exact) mass is 388 g/mol. The largest absolute Gasteiger partial charge is 0.368 e. The quantitative estimate of drug-likeness (QED) is 0.532. The number of aromatic amines is 1. The van der Waals surface area contributed by atoms with E-state index in [2.05, 4.69) is 51.4 Å². The SMILES string of the molecule is CC(c1ccc(-c2cnc(N)nc2)cc1)(c1ncc(-c2cn[nH]c2)s1)C1CC1. The Hall–Kier alpha value is -3.06. The molecule has 0 radical (unpaired) electrons. The third-order valence-corrected chi connectivity index (χ3v) is 6.90. The molecule has 0 aliphatic heterocycles. The summed E-state index contributed by atoms with van der Waals surface area (Å²) in [6.45, 7) is 2.32. The van der Waals surface area contributed by atoms with Crippen LogP contribution in [0.25, 0.3) is 21.6 Å². The van der Waals surface area contributed by atoms with Gasteiger partial charge in [0, 0.05) is 41.3 Å². The summed E-state index contributed by atoms with van der Waals surface area (Å²) in [6, 6.07) is 8.69. The van der Waals surface area contributed by atoms with E-state index < -0.39 is 0 Å². The van der Waals surface area contributed by atoms with E-state index in [-0.39, 0.29) is 5.41 Å². The topological polar surface area (TPSA) is 93.4 Å². The number of anilines is 1. The molecule has 6 nitrogen and oxygen atoms in total. The van der Waals surface area contributed by atoms with Gasteiger partial charge in [-0.25, -0.2) is 15.0 Å². The molecule has 0 saturated heterocycles. The van der Waals surface area contributed by atoms with E-state index in [1.54, 1.807) is 23.7 Å². The van der Waals surface area contributed by atoms with E-state index in [1.165, 1.54) is 18.4 Å². The fraction of sp³-hybridized carbons (Fsp3) is 0.238. The number of nitrogens with one attached hydrogen (secondary N) is 1. The van der Waals surface area contributed by atoms with Crippen LogP contribution in [0.2, 0.25) is 0 Å². The molecule has 3 heterocycles. The van der Waals surface area contributed by atoms with Crippen LogP contribution >= 0.6 is 11.3 Å². The van der Waals surface area contributed by atoms with Crippen LogP contribution in [0.5, 0.6) is 0 Å². The average molecular weight is 389 g/mol. The Kier molecular flexibility index (Phi) is 3.98. The molecule has 1 unspecified atom stereocenters. The average Bonchev–Trinajstić information content (AvgIpc) is 3.23. The van der Waals surface area contributed by atoms with Gasteiger partial charge in [-0.1, -0.05) is 24.3 Å². The molecule has 1 aliphatic carbocycles. The highest BCUT2D eigenvalue weighted by Crippen LogP contribution is 2.52. The minimum absolute atomic E-state index is 0.0806. The summed E-state index contributed by atoms with van der Waals surface area (Å²) in [5, 5.41) is 8.10. The van der Waals surface area contributed by atoms with Crippen molar-refractivity contribution in [3.8, 4) is 21.6 Å². The predicted molar refractivity (Wildman–Crippen MR) is 111 cm³/mol. The second kappa shape index (κ2) is 6.53. The lowest BCUT2D eigenvalue weighted by molar-refractivity contribution is 0.492. The Labute approximate surface area is 166 Å². The number of hydrogen-bond acceptors (Lipinski definition) is 6. The van der Waals surface area contributed by atoms with Crippen molar-refractivity contribution >= 4 is 17.3 Å². The van der Waals surface area contributed by atoms with Crippen molar-refractivity contribution in [3.05, 3.63) is 65.8 Å². The first-order valence-corrected chi connectivity index (χ1v) is 10.1. The van der Waals surface area contributed by atoms with Crippen LogP contribution in [0.3, 0.4) is 0 Å². The normalized spacial score (nSPS) is 16.0. The van der Waals surface area contributed by atoms with E-state index >= 15 is 0 Å². The summed E-state index contributed by atoms with van der Waals surface area (Å²) in [5.74, 6) is 0.917. The zero-order valence-corrected chi connectivity index (χ0v) is 16.3. The third-order valence-electron chi connectivity index (χ3n) is 5.62. The van der Waals surface area contributed by atoms with Gasteiger partial charge in [-0.05, 0) is 36.8 Å². The van der Waals surface area contributed by atoms with Crippen molar-refractivity contribution in [1.82, 2.24) is 25.1 Å². The molecule has 5 rings (SSSR count). The molecule has 7 heteroatoms. The number of benzene rings is 1. The molecule has 1 aromatic carbocycles. The summed E-state index contributed by atoms with van der Waals surface area (Å²) >= 11 is 1.76. The third kappa shape index (κ3) is 2.88. The molecule has 1 aliphatic rings. The Morgan fingerprint density at radius 3 is 2.36 bits per heavy atom. The van der Waals surface area contributed by atoms with E-state index in [0.717, 1.165) is 26.6 Å². The standard InChI is InChI=1S/C21H20N6S/c1-21(17-6-7-17,19-23-12-18(28-19)15-10-26-27-11-15)16-4-2-13(3-5-16)14-8-24-20(22)25-9-14/h2-5,8-12,17H,6-7H2,1H3,(H,26,27)(H2,22,24,25). The van der Waals surface area contributed by atoms with Gasteiger partial charge >= 0.3 is 0 Å². The lowest BCUT2D eigenvalue weighted by Crippen LogP contribution is -2.26. The van der Waals surface area contributed by atoms with E-state index in [4.69, 9.17) is 10.7 Å². The van der Waals surface area contributed by atoms with Crippen molar-refractivity contribution in [2.75, 3.05) is 5.73 Å². The number of nitrogens with zero attached hydrogens (tertiary/aromatic N) is 4. The van der Waals surface area contributed by atoms with Crippen molar-refractivity contribution in [2.24, 2.45) is 5.92 Å². The van der Waals surface area contributed by atoms with Gasteiger partial charge in [-0.3, -0.25) is 5.10 Å². The Morgan fingerprint density at radius 2 is 1.71 bits per heavy atom. The fourth-order valence-electron chi connectivity index (χ4n) is 3.72. The van der Waals surface area contributed by atoms with Gasteiger partial charge in [0.25, 0.3) is 0 Å². The van der Waals surface area contributed by atoms with Gasteiger partial charge in [0.1, 0.15) is 5.01 Å². The Morgan fingerprint density at radius 1 is 0.964 bits per heavy atom. The number of nitrogen functional groups attached to an aromatic ring is 1. The van der Waals surface area contributed by atoms with Gasteiger partial charge in [0.2, 0.25) is 5.95 Å². The molecule has 1 saturated carbocycles. The van der Waals surface area contributed by atoms with Gasteiger partial charge < -0.3 is 5.73 Å². The minimum Gasteiger partial charge on any atom is -0.368 e. The van der Waals surface area contributed by atoms with Crippen molar-refractivity contribution < 1.29 is 0 Å². The fourth-order valence-corrected chi connectivity index (χ4v) is 4.87. The lowest BCUT2D eigenvalue weighted by atomic mass is 9.78. The highest BCUT2D eigenvalue weighted by molar-refractivity contribution is 7.15. The summed E-state index contributed by atoms with van der Waals surface area (Å²) in [6.07, 6.45) is 11.7. The molecule has 28 heavy (non-hydrogen) atoms. The summed E-state index contributed by atoms with van der Waals surface area (Å²) < 4.78 is 0. The summed E-state index contributed by atoms with van der Waals surface area (Å²) in [4.78, 5) is 14.1. The number of rotatable bonds is 5. The molecule has 0 spiro atoms. The number of nitrogens with two attached hydrogens (primary N) is 1. The molecule has 3 N–H and O–H groups in total. The Bertz CT molecular complexity index is 1080. The van der Waals surface area contributed by atoms with Crippen LogP contribution in [-0.4, -0.2) is 25.1 Å². The van der Waals surface area contributed by atoms with Crippen molar-refractivity contribution in [1.29, 1.82) is 0 Å². The molecule has 1 fully saturated rings. The second-order valence-corrected chi connectivity index (χ2v) is 8.43. The van der Waals surface area contributed by atoms with E-state index in [0.29, 0.717) is 11.9 Å². The molecule has 4 aromatic rings. The maximum Gasteiger partial charge on any atom is 0.219 e. The first kappa shape index (κ1) is 17.1. The predicted octanol–water partition coefficient (Wildman–Crippen LogP) is 4.29. The second-order valence-electron chi connectivity index (χ2n) is 7.40. The first-order valence-electron chi connectivity index (χ1n) is 9.28. The first-order chi connectivity index (χ1) is 13.6. The highest BCUT2D eigenvalue weighted by Gasteiger charge is 2.46. The smallest absolute Gasteiger partial charge is 0.219 e. The van der Waals surface area contributed by atoms with E-state index in [9.17, 15) is 0 Å². The molecule has 0 bridgehead atoms. The van der Waals surface area contributed by atoms with Crippen molar-refractivity contribution in [2.45, 2.75) is 25.2 Å². The van der Waals surface area contributed by atoms with Gasteiger partial charge in [-0.15, -0.1) is 11.3 Å². The maximum absolute atomic E-state index is 5.59. The Balaban J connectivity index is 1.50. The highest BCUT2D eigenvalue weighted by atomic mass is 32.1. The number of thiazole rings is 1. The minimum atomic E-state index is -0.0806. The van der Waals surface area contributed by atoms with Gasteiger partial charge in [0.05, 0.1) is 11.1 Å². The molecule has 3 aromatic heterocycles. The van der Waals surface area contributed by atoms with Crippen LogP contribution in [0.15, 0.2) is 55.2 Å². The molecular weight excluding hydrogens is 368 g/mol. The van der Waals surface area contributed by atoms with Crippen molar-refractivity contribution in [3.63, 3.8) is 0 Å². The van der Waals surface area contributed by atoms with E-state index in [1.807, 2.05) is 18.6 Å². The summed E-state index contributed by atoms with van der Waals surface area (Å²) in [5.41, 5.74) is 9.94. The van der Waals surface area contributed by atoms with Gasteiger partial charge in [0.15, 0.2) is 0 Å². The molecular formula is C21H20N6S. The molecule has 0 amide bonds. The molecule has 1 atom stereocenters. The van der Waals surface area contributed by atoms with Crippen LogP contribution in [0.4, 0.5) is 5.95 Å². The number of H-pyrrole nitrogens is 1. The van der Waals surface area contributed by atoms with Crippen LogP contribution in [-0.2, 0) is 5.41 Å². The summed E-state index contributed by atoms with van der Waals surface area (Å²) in [7, 11) is 0. The lowest BCUT2D eigenvalue weighted by Gasteiger charge is -2.28. The van der Waals surface area contributed by atoms with Crippen LogP contribution < -0.4 is 5.73 Å². The van der Waals surface area contributed by atoms with Crippen LogP contribution in [0.1, 0.15) is 30.3 Å². The molecule has 140 valence electrons. The maximum atomic E-state index is 5.59. The van der Waals surface area contributed by atoms with Crippen LogP contribution in [0, 0.1) is 5.92 Å². The van der Waals surface area contributed by atoms with Gasteiger partial charge in [-0.2, -0.15) is 5.10 Å². The number of hydrogen-bond donors (Lipinski definition) is 2.